The number of nitrogens with one attached hydrogen (secondary N) is 2. The molecule has 26 heavy (non-hydrogen) atoms. The largest absolute Gasteiger partial charge is 0.350 e. The molecule has 0 spiro atoms. The normalized spacial score (nSPS) is 12.5. The molecule has 0 aliphatic heterocycles. The van der Waals surface area contributed by atoms with Gasteiger partial charge in [-0.1, -0.05) is 17.7 Å². The van der Waals surface area contributed by atoms with E-state index in [0.29, 0.717) is 17.8 Å². The maximum atomic E-state index is 12.7. The molecule has 2 rings (SSSR count). The van der Waals surface area contributed by atoms with Crippen molar-refractivity contribution in [3.63, 3.8) is 0 Å². The number of anilines is 1. The van der Waals surface area contributed by atoms with E-state index in [2.05, 4.69) is 10.6 Å². The Hall–Kier alpha value is -2.38. The molecule has 6 nitrogen and oxygen atoms in total. The molecule has 2 N–H and O–H groups in total. The lowest BCUT2D eigenvalue weighted by Gasteiger charge is -2.20. The Balaban J connectivity index is 2.14. The van der Waals surface area contributed by atoms with E-state index in [1.54, 1.807) is 48.5 Å². The molecule has 0 fully saturated rings. The highest BCUT2D eigenvalue weighted by molar-refractivity contribution is 7.92. The van der Waals surface area contributed by atoms with Gasteiger partial charge in [0.1, 0.15) is 0 Å². The van der Waals surface area contributed by atoms with Crippen molar-refractivity contribution < 1.29 is 13.2 Å². The van der Waals surface area contributed by atoms with Crippen LogP contribution in [-0.4, -0.2) is 41.0 Å². The second-order valence-corrected chi connectivity index (χ2v) is 8.20. The molecular weight excluding hydrogens is 350 g/mol. The average Bonchev–Trinajstić information content (AvgIpc) is 2.65. The van der Waals surface area contributed by atoms with Gasteiger partial charge in [0, 0.05) is 25.2 Å². The van der Waals surface area contributed by atoms with E-state index in [-0.39, 0.29) is 16.8 Å². The van der Waals surface area contributed by atoms with Gasteiger partial charge in [-0.3, -0.25) is 9.10 Å². The molecule has 7 heteroatoms. The summed E-state index contributed by atoms with van der Waals surface area (Å²) in [5, 5.41) is 5.87. The predicted molar refractivity (Wildman–Crippen MR) is 104 cm³/mol. The van der Waals surface area contributed by atoms with Gasteiger partial charge in [0.15, 0.2) is 0 Å². The molecule has 0 aliphatic carbocycles. The van der Waals surface area contributed by atoms with Crippen LogP contribution in [-0.2, 0) is 10.0 Å². The van der Waals surface area contributed by atoms with Crippen LogP contribution in [0.25, 0.3) is 0 Å². The Morgan fingerprint density at radius 1 is 1.08 bits per heavy atom. The number of hydrogen-bond acceptors (Lipinski definition) is 4. The fraction of sp³-hybridized carbons (Fsp3) is 0.316. The first-order chi connectivity index (χ1) is 12.3. The molecular formula is C19H25N3O3S. The molecule has 0 aliphatic rings. The van der Waals surface area contributed by atoms with Crippen molar-refractivity contribution in [2.75, 3.05) is 24.9 Å². The lowest BCUT2D eigenvalue weighted by atomic mass is 10.2. The Labute approximate surface area is 155 Å². The zero-order valence-electron chi connectivity index (χ0n) is 15.5. The standard InChI is InChI=1S/C19H25N3O3S/c1-14-5-11-18(12-6-14)26(24,25)22(4)17-9-7-16(8-10-17)19(23)21-13-15(2)20-3/h5-12,15,20H,13H2,1-4H3,(H,21,23). The van der Waals surface area contributed by atoms with Crippen LogP contribution in [0.15, 0.2) is 53.4 Å². The second kappa shape index (κ2) is 8.33. The first-order valence-corrected chi connectivity index (χ1v) is 9.81. The summed E-state index contributed by atoms with van der Waals surface area (Å²) in [5.74, 6) is -0.192. The van der Waals surface area contributed by atoms with Crippen molar-refractivity contribution in [2.24, 2.45) is 0 Å². The summed E-state index contributed by atoms with van der Waals surface area (Å²) < 4.78 is 26.6. The van der Waals surface area contributed by atoms with Gasteiger partial charge in [-0.2, -0.15) is 0 Å². The SMILES string of the molecule is CNC(C)CNC(=O)c1ccc(N(C)S(=O)(=O)c2ccc(C)cc2)cc1. The Kier molecular flexibility index (Phi) is 6.39. The Morgan fingerprint density at radius 2 is 1.65 bits per heavy atom. The van der Waals surface area contributed by atoms with Crippen LogP contribution in [0.3, 0.4) is 0 Å². The monoisotopic (exact) mass is 375 g/mol. The molecule has 0 heterocycles. The van der Waals surface area contributed by atoms with Crippen LogP contribution in [0.5, 0.6) is 0 Å². The van der Waals surface area contributed by atoms with Crippen molar-refractivity contribution in [1.82, 2.24) is 10.6 Å². The number of benzene rings is 2. The molecule has 0 saturated carbocycles. The fourth-order valence-electron chi connectivity index (χ4n) is 2.28. The van der Waals surface area contributed by atoms with Crippen molar-refractivity contribution in [2.45, 2.75) is 24.8 Å². The van der Waals surface area contributed by atoms with Gasteiger partial charge in [0.2, 0.25) is 0 Å². The van der Waals surface area contributed by atoms with Gasteiger partial charge < -0.3 is 10.6 Å². The predicted octanol–water partition coefficient (Wildman–Crippen LogP) is 2.16. The lowest BCUT2D eigenvalue weighted by molar-refractivity contribution is 0.0950. The maximum absolute atomic E-state index is 12.7. The third kappa shape index (κ3) is 4.62. The highest BCUT2D eigenvalue weighted by Crippen LogP contribution is 2.22. The molecule has 2 aromatic carbocycles. The van der Waals surface area contributed by atoms with Gasteiger partial charge in [-0.15, -0.1) is 0 Å². The van der Waals surface area contributed by atoms with E-state index in [1.165, 1.54) is 11.4 Å². The average molecular weight is 375 g/mol. The summed E-state index contributed by atoms with van der Waals surface area (Å²) in [5.41, 5.74) is 1.97. The number of likely N-dealkylation sites (N-methyl/N-ethyl adjacent to an activating group) is 1. The summed E-state index contributed by atoms with van der Waals surface area (Å²) in [6.45, 7) is 4.38. The van der Waals surface area contributed by atoms with Crippen LogP contribution in [0, 0.1) is 6.92 Å². The molecule has 0 saturated heterocycles. The highest BCUT2D eigenvalue weighted by atomic mass is 32.2. The molecule has 1 atom stereocenters. The number of aryl methyl sites for hydroxylation is 1. The highest BCUT2D eigenvalue weighted by Gasteiger charge is 2.21. The third-order valence-electron chi connectivity index (χ3n) is 4.23. The third-order valence-corrected chi connectivity index (χ3v) is 6.03. The summed E-state index contributed by atoms with van der Waals surface area (Å²) in [4.78, 5) is 12.4. The van der Waals surface area contributed by atoms with Crippen molar-refractivity contribution in [3.05, 3.63) is 59.7 Å². The van der Waals surface area contributed by atoms with Gasteiger partial charge in [-0.05, 0) is 57.3 Å². The maximum Gasteiger partial charge on any atom is 0.264 e. The topological polar surface area (TPSA) is 78.5 Å². The summed E-state index contributed by atoms with van der Waals surface area (Å²) in [7, 11) is -0.314. The molecule has 0 radical (unpaired) electrons. The van der Waals surface area contributed by atoms with Crippen LogP contribution in [0.2, 0.25) is 0 Å². The number of amides is 1. The van der Waals surface area contributed by atoms with Gasteiger partial charge in [0.05, 0.1) is 10.6 Å². The lowest BCUT2D eigenvalue weighted by Crippen LogP contribution is -2.37. The van der Waals surface area contributed by atoms with Gasteiger partial charge in [-0.25, -0.2) is 8.42 Å². The van der Waals surface area contributed by atoms with Gasteiger partial charge in [0.25, 0.3) is 15.9 Å². The minimum absolute atomic E-state index is 0.170. The van der Waals surface area contributed by atoms with Crippen molar-refractivity contribution >= 4 is 21.6 Å². The van der Waals surface area contributed by atoms with E-state index >= 15 is 0 Å². The van der Waals surface area contributed by atoms with E-state index in [1.807, 2.05) is 20.9 Å². The first kappa shape index (κ1) is 19.9. The zero-order valence-corrected chi connectivity index (χ0v) is 16.3. The number of sulfonamides is 1. The van der Waals surface area contributed by atoms with E-state index in [4.69, 9.17) is 0 Å². The zero-order chi connectivity index (χ0) is 19.3. The van der Waals surface area contributed by atoms with E-state index in [9.17, 15) is 13.2 Å². The smallest absolute Gasteiger partial charge is 0.264 e. The van der Waals surface area contributed by atoms with Crippen LogP contribution >= 0.6 is 0 Å². The molecule has 1 amide bonds. The second-order valence-electron chi connectivity index (χ2n) is 6.23. The van der Waals surface area contributed by atoms with Crippen LogP contribution in [0.1, 0.15) is 22.8 Å². The molecule has 0 aromatic heterocycles. The van der Waals surface area contributed by atoms with E-state index in [0.717, 1.165) is 5.56 Å². The molecule has 1 unspecified atom stereocenters. The van der Waals surface area contributed by atoms with Crippen molar-refractivity contribution in [1.29, 1.82) is 0 Å². The quantitative estimate of drug-likeness (QED) is 0.777. The van der Waals surface area contributed by atoms with Crippen LogP contribution < -0.4 is 14.9 Å². The number of hydrogen-bond donors (Lipinski definition) is 2. The minimum atomic E-state index is -3.64. The molecule has 0 bridgehead atoms. The molecule has 2 aromatic rings. The fourth-order valence-corrected chi connectivity index (χ4v) is 3.48. The van der Waals surface area contributed by atoms with Crippen molar-refractivity contribution in [3.8, 4) is 0 Å². The number of carbonyl (C=O) groups excluding carboxylic acids is 1. The number of nitrogens with zero attached hydrogens (tertiary/aromatic N) is 1. The number of rotatable bonds is 7. The Bertz CT molecular complexity index is 847. The summed E-state index contributed by atoms with van der Waals surface area (Å²) in [6, 6.07) is 13.4. The summed E-state index contributed by atoms with van der Waals surface area (Å²) in [6.07, 6.45) is 0. The van der Waals surface area contributed by atoms with Gasteiger partial charge >= 0.3 is 0 Å². The Morgan fingerprint density at radius 3 is 2.19 bits per heavy atom. The summed E-state index contributed by atoms with van der Waals surface area (Å²) >= 11 is 0. The van der Waals surface area contributed by atoms with Crippen LogP contribution in [0.4, 0.5) is 5.69 Å². The first-order valence-electron chi connectivity index (χ1n) is 8.37. The molecule has 140 valence electrons. The van der Waals surface area contributed by atoms with E-state index < -0.39 is 10.0 Å². The minimum Gasteiger partial charge on any atom is -0.350 e. The number of carbonyl (C=O) groups is 1.